The quantitative estimate of drug-likeness (QED) is 0.844. The Kier molecular flexibility index (Phi) is 5.79. The van der Waals surface area contributed by atoms with Crippen LogP contribution in [0.4, 0.5) is 8.78 Å². The zero-order chi connectivity index (χ0) is 12.4. The van der Waals surface area contributed by atoms with E-state index in [2.05, 4.69) is 5.32 Å². The summed E-state index contributed by atoms with van der Waals surface area (Å²) in [6.07, 6.45) is 0. The topological polar surface area (TPSA) is 15.3 Å². The third-order valence-corrected chi connectivity index (χ3v) is 3.49. The van der Waals surface area contributed by atoms with Crippen LogP contribution in [0.5, 0.6) is 0 Å². The second-order valence-electron chi connectivity index (χ2n) is 4.22. The van der Waals surface area contributed by atoms with Crippen molar-refractivity contribution < 1.29 is 8.78 Å². The SMILES string of the molecule is C[C@H](c1c(F)ccc(Cl)c1F)N1CCNCC1.Cl. The minimum Gasteiger partial charge on any atom is -0.314 e. The first-order chi connectivity index (χ1) is 8.11. The molecule has 0 aromatic heterocycles. The van der Waals surface area contributed by atoms with Crippen molar-refractivity contribution in [2.24, 2.45) is 0 Å². The summed E-state index contributed by atoms with van der Waals surface area (Å²) in [6, 6.07) is 2.18. The van der Waals surface area contributed by atoms with E-state index in [-0.39, 0.29) is 29.0 Å². The van der Waals surface area contributed by atoms with Gasteiger partial charge in [0.1, 0.15) is 11.6 Å². The molecule has 1 aliphatic rings. The van der Waals surface area contributed by atoms with E-state index in [0.29, 0.717) is 0 Å². The van der Waals surface area contributed by atoms with E-state index in [1.165, 1.54) is 12.1 Å². The smallest absolute Gasteiger partial charge is 0.149 e. The normalized spacial score (nSPS) is 18.2. The Morgan fingerprint density at radius 3 is 2.50 bits per heavy atom. The van der Waals surface area contributed by atoms with E-state index in [1.807, 2.05) is 11.8 Å². The molecule has 102 valence electrons. The first-order valence-electron chi connectivity index (χ1n) is 5.69. The summed E-state index contributed by atoms with van der Waals surface area (Å²) >= 11 is 5.70. The molecule has 1 heterocycles. The summed E-state index contributed by atoms with van der Waals surface area (Å²) in [4.78, 5) is 2.05. The van der Waals surface area contributed by atoms with Crippen LogP contribution in [0.3, 0.4) is 0 Å². The molecule has 1 fully saturated rings. The molecule has 0 amide bonds. The van der Waals surface area contributed by atoms with Crippen molar-refractivity contribution in [1.29, 1.82) is 0 Å². The van der Waals surface area contributed by atoms with Gasteiger partial charge in [0.05, 0.1) is 5.02 Å². The van der Waals surface area contributed by atoms with Crippen LogP contribution in [-0.2, 0) is 0 Å². The molecule has 0 spiro atoms. The van der Waals surface area contributed by atoms with Crippen LogP contribution in [-0.4, -0.2) is 31.1 Å². The Bertz CT molecular complexity index is 409. The Balaban J connectivity index is 0.00000162. The molecule has 0 saturated carbocycles. The Morgan fingerprint density at radius 1 is 1.28 bits per heavy atom. The average molecular weight is 297 g/mol. The van der Waals surface area contributed by atoms with Gasteiger partial charge in [0.25, 0.3) is 0 Å². The van der Waals surface area contributed by atoms with Gasteiger partial charge in [-0.1, -0.05) is 11.6 Å². The monoisotopic (exact) mass is 296 g/mol. The van der Waals surface area contributed by atoms with E-state index in [1.54, 1.807) is 0 Å². The van der Waals surface area contributed by atoms with Gasteiger partial charge < -0.3 is 5.32 Å². The van der Waals surface area contributed by atoms with Gasteiger partial charge in [0.15, 0.2) is 0 Å². The zero-order valence-electron chi connectivity index (χ0n) is 10.0. The number of nitrogens with one attached hydrogen (secondary N) is 1. The van der Waals surface area contributed by atoms with Crippen LogP contribution in [0.15, 0.2) is 12.1 Å². The number of piperazine rings is 1. The maximum Gasteiger partial charge on any atom is 0.149 e. The van der Waals surface area contributed by atoms with Crippen molar-refractivity contribution in [1.82, 2.24) is 10.2 Å². The van der Waals surface area contributed by atoms with Gasteiger partial charge in [0, 0.05) is 37.8 Å². The second kappa shape index (κ2) is 6.66. The van der Waals surface area contributed by atoms with Crippen LogP contribution in [0, 0.1) is 11.6 Å². The lowest BCUT2D eigenvalue weighted by Crippen LogP contribution is -2.44. The lowest BCUT2D eigenvalue weighted by atomic mass is 10.0. The largest absolute Gasteiger partial charge is 0.314 e. The van der Waals surface area contributed by atoms with Crippen molar-refractivity contribution in [2.45, 2.75) is 13.0 Å². The molecule has 0 bridgehead atoms. The predicted octanol–water partition coefficient (Wildman–Crippen LogP) is 3.01. The van der Waals surface area contributed by atoms with Gasteiger partial charge in [-0.25, -0.2) is 8.78 Å². The van der Waals surface area contributed by atoms with Gasteiger partial charge in [-0.3, -0.25) is 4.90 Å². The van der Waals surface area contributed by atoms with E-state index in [0.717, 1.165) is 26.2 Å². The van der Waals surface area contributed by atoms with Gasteiger partial charge in [0.2, 0.25) is 0 Å². The average Bonchev–Trinajstić information content (AvgIpc) is 2.35. The fourth-order valence-corrected chi connectivity index (χ4v) is 2.34. The van der Waals surface area contributed by atoms with Crippen molar-refractivity contribution in [3.8, 4) is 0 Å². The highest BCUT2D eigenvalue weighted by molar-refractivity contribution is 6.30. The molecule has 6 heteroatoms. The van der Waals surface area contributed by atoms with Crippen LogP contribution in [0.25, 0.3) is 0 Å². The molecule has 1 aromatic rings. The van der Waals surface area contributed by atoms with Crippen molar-refractivity contribution in [3.05, 3.63) is 34.4 Å². The molecule has 1 N–H and O–H groups in total. The van der Waals surface area contributed by atoms with E-state index in [4.69, 9.17) is 11.6 Å². The van der Waals surface area contributed by atoms with Gasteiger partial charge in [-0.05, 0) is 19.1 Å². The minimum atomic E-state index is -0.641. The predicted molar refractivity (Wildman–Crippen MR) is 71.5 cm³/mol. The minimum absolute atomic E-state index is 0. The molecule has 1 aromatic carbocycles. The van der Waals surface area contributed by atoms with Crippen molar-refractivity contribution in [3.63, 3.8) is 0 Å². The molecule has 2 nitrogen and oxygen atoms in total. The maximum absolute atomic E-state index is 13.9. The highest BCUT2D eigenvalue weighted by Crippen LogP contribution is 2.29. The molecular weight excluding hydrogens is 281 g/mol. The first kappa shape index (κ1) is 15.6. The van der Waals surface area contributed by atoms with Gasteiger partial charge >= 0.3 is 0 Å². The van der Waals surface area contributed by atoms with E-state index >= 15 is 0 Å². The summed E-state index contributed by atoms with van der Waals surface area (Å²) < 4.78 is 27.5. The number of hydrogen-bond acceptors (Lipinski definition) is 2. The molecule has 0 radical (unpaired) electrons. The highest BCUT2D eigenvalue weighted by atomic mass is 35.5. The number of nitrogens with zero attached hydrogens (tertiary/aromatic N) is 1. The van der Waals surface area contributed by atoms with Crippen LogP contribution in [0.1, 0.15) is 18.5 Å². The van der Waals surface area contributed by atoms with Crippen molar-refractivity contribution in [2.75, 3.05) is 26.2 Å². The third kappa shape index (κ3) is 3.12. The fraction of sp³-hybridized carbons (Fsp3) is 0.500. The summed E-state index contributed by atoms with van der Waals surface area (Å²) in [5.41, 5.74) is 0.0689. The summed E-state index contributed by atoms with van der Waals surface area (Å²) in [5.74, 6) is -1.17. The van der Waals surface area contributed by atoms with E-state index < -0.39 is 11.6 Å². The summed E-state index contributed by atoms with van der Waals surface area (Å²) in [6.45, 7) is 5.06. The van der Waals surface area contributed by atoms with Crippen molar-refractivity contribution >= 4 is 24.0 Å². The fourth-order valence-electron chi connectivity index (χ4n) is 2.18. The Labute approximate surface area is 117 Å². The van der Waals surface area contributed by atoms with Crippen LogP contribution in [0.2, 0.25) is 5.02 Å². The van der Waals surface area contributed by atoms with Gasteiger partial charge in [-0.15, -0.1) is 12.4 Å². The van der Waals surface area contributed by atoms with Gasteiger partial charge in [-0.2, -0.15) is 0 Å². The lowest BCUT2D eigenvalue weighted by Gasteiger charge is -2.33. The maximum atomic E-state index is 13.9. The zero-order valence-corrected chi connectivity index (χ0v) is 11.6. The van der Waals surface area contributed by atoms with Crippen LogP contribution < -0.4 is 5.32 Å². The standard InChI is InChI=1S/C12H15ClF2N2.ClH/c1-8(17-6-4-16-5-7-17)11-10(14)3-2-9(13)12(11)15;/h2-3,8,16H,4-7H2,1H3;1H/t8-;/m1./s1. The molecular formula is C12H16Cl2F2N2. The third-order valence-electron chi connectivity index (χ3n) is 3.20. The van der Waals surface area contributed by atoms with E-state index in [9.17, 15) is 8.78 Å². The first-order valence-corrected chi connectivity index (χ1v) is 6.07. The van der Waals surface area contributed by atoms with Crippen LogP contribution >= 0.6 is 24.0 Å². The molecule has 0 aliphatic carbocycles. The number of benzene rings is 1. The Hall–Kier alpha value is -0.420. The molecule has 1 aliphatic heterocycles. The molecule has 0 unspecified atom stereocenters. The number of halogens is 4. The lowest BCUT2D eigenvalue weighted by molar-refractivity contribution is 0.179. The number of rotatable bonds is 2. The highest BCUT2D eigenvalue weighted by Gasteiger charge is 2.24. The molecule has 1 atom stereocenters. The Morgan fingerprint density at radius 2 is 1.89 bits per heavy atom. The second-order valence-corrected chi connectivity index (χ2v) is 4.63. The summed E-state index contributed by atoms with van der Waals surface area (Å²) in [7, 11) is 0. The summed E-state index contributed by atoms with van der Waals surface area (Å²) in [5, 5.41) is 3.18. The number of hydrogen-bond donors (Lipinski definition) is 1. The molecule has 2 rings (SSSR count). The molecule has 18 heavy (non-hydrogen) atoms. The molecule has 1 saturated heterocycles.